The number of hydrogen-bond donors (Lipinski definition) is 0. The Labute approximate surface area is 144 Å². The molecule has 0 saturated heterocycles. The van der Waals surface area contributed by atoms with Gasteiger partial charge in [-0.05, 0) is 32.8 Å². The third-order valence-electron chi connectivity index (χ3n) is 4.65. The van der Waals surface area contributed by atoms with Crippen molar-refractivity contribution in [3.05, 3.63) is 41.5 Å². The molecule has 1 unspecified atom stereocenters. The van der Waals surface area contributed by atoms with Crippen LogP contribution in [0, 0.1) is 13.8 Å². The second-order valence-electron chi connectivity index (χ2n) is 6.60. The molecule has 0 amide bonds. The molecular weight excluding hydrogens is 296 g/mol. The van der Waals surface area contributed by atoms with Crippen LogP contribution in [0.15, 0.2) is 24.5 Å². The maximum Gasteiger partial charge on any atom is 0.164 e. The third kappa shape index (κ3) is 2.81. The molecule has 0 aliphatic heterocycles. The van der Waals surface area contributed by atoms with E-state index in [1.165, 1.54) is 11.1 Å². The van der Waals surface area contributed by atoms with Crippen LogP contribution in [0.3, 0.4) is 0 Å². The highest BCUT2D eigenvalue weighted by atomic mass is 15.2. The lowest BCUT2D eigenvalue weighted by atomic mass is 10.0. The SMILES string of the molecule is CCCC(C)n1c(CC)nc2c(-c3ccc(C)cc3C)ncnc21. The summed E-state index contributed by atoms with van der Waals surface area (Å²) in [5.41, 5.74) is 6.45. The molecule has 0 saturated carbocycles. The molecule has 0 aliphatic rings. The molecule has 3 aromatic rings. The molecule has 24 heavy (non-hydrogen) atoms. The van der Waals surface area contributed by atoms with Gasteiger partial charge in [0.2, 0.25) is 0 Å². The van der Waals surface area contributed by atoms with Crippen LogP contribution in [0.2, 0.25) is 0 Å². The predicted molar refractivity (Wildman–Crippen MR) is 99.2 cm³/mol. The lowest BCUT2D eigenvalue weighted by Crippen LogP contribution is -2.09. The molecule has 0 aliphatic carbocycles. The molecule has 2 heterocycles. The van der Waals surface area contributed by atoms with Crippen molar-refractivity contribution in [2.75, 3.05) is 0 Å². The van der Waals surface area contributed by atoms with Gasteiger partial charge in [0.25, 0.3) is 0 Å². The fraction of sp³-hybridized carbons (Fsp3) is 0.450. The molecule has 4 nitrogen and oxygen atoms in total. The number of aryl methyl sites for hydroxylation is 3. The molecule has 0 spiro atoms. The van der Waals surface area contributed by atoms with E-state index in [1.807, 2.05) is 0 Å². The fourth-order valence-electron chi connectivity index (χ4n) is 3.49. The Morgan fingerprint density at radius 1 is 1.12 bits per heavy atom. The molecule has 0 fully saturated rings. The van der Waals surface area contributed by atoms with Gasteiger partial charge in [-0.1, -0.05) is 44.0 Å². The first kappa shape index (κ1) is 16.6. The summed E-state index contributed by atoms with van der Waals surface area (Å²) in [6, 6.07) is 6.87. The van der Waals surface area contributed by atoms with Gasteiger partial charge >= 0.3 is 0 Å². The Bertz CT molecular complexity index is 863. The monoisotopic (exact) mass is 322 g/mol. The van der Waals surface area contributed by atoms with Crippen LogP contribution >= 0.6 is 0 Å². The quantitative estimate of drug-likeness (QED) is 0.661. The number of imidazole rings is 1. The van der Waals surface area contributed by atoms with Crippen LogP contribution < -0.4 is 0 Å². The number of benzene rings is 1. The highest BCUT2D eigenvalue weighted by Crippen LogP contribution is 2.31. The number of rotatable bonds is 5. The fourth-order valence-corrected chi connectivity index (χ4v) is 3.49. The Morgan fingerprint density at radius 2 is 1.92 bits per heavy atom. The first-order valence-electron chi connectivity index (χ1n) is 8.86. The van der Waals surface area contributed by atoms with Gasteiger partial charge in [0.1, 0.15) is 23.4 Å². The lowest BCUT2D eigenvalue weighted by Gasteiger charge is -2.15. The molecule has 1 atom stereocenters. The zero-order valence-electron chi connectivity index (χ0n) is 15.3. The third-order valence-corrected chi connectivity index (χ3v) is 4.65. The van der Waals surface area contributed by atoms with Crippen molar-refractivity contribution in [2.45, 2.75) is 59.9 Å². The van der Waals surface area contributed by atoms with Crippen LogP contribution in [0.1, 0.15) is 56.6 Å². The topological polar surface area (TPSA) is 43.6 Å². The maximum absolute atomic E-state index is 4.91. The summed E-state index contributed by atoms with van der Waals surface area (Å²) in [5.74, 6) is 1.09. The van der Waals surface area contributed by atoms with E-state index in [2.05, 4.69) is 67.4 Å². The molecule has 0 radical (unpaired) electrons. The Morgan fingerprint density at radius 3 is 2.58 bits per heavy atom. The van der Waals surface area contributed by atoms with Gasteiger partial charge in [-0.2, -0.15) is 0 Å². The summed E-state index contributed by atoms with van der Waals surface area (Å²) in [5, 5.41) is 0. The summed E-state index contributed by atoms with van der Waals surface area (Å²) < 4.78 is 2.30. The second-order valence-corrected chi connectivity index (χ2v) is 6.60. The van der Waals surface area contributed by atoms with Gasteiger partial charge in [0, 0.05) is 18.0 Å². The van der Waals surface area contributed by atoms with Crippen molar-refractivity contribution in [1.82, 2.24) is 19.5 Å². The highest BCUT2D eigenvalue weighted by Gasteiger charge is 2.19. The predicted octanol–water partition coefficient (Wildman–Crippen LogP) is 5.03. The number of hydrogen-bond acceptors (Lipinski definition) is 3. The molecule has 1 aromatic carbocycles. The van der Waals surface area contributed by atoms with E-state index in [-0.39, 0.29) is 0 Å². The Balaban J connectivity index is 2.24. The zero-order chi connectivity index (χ0) is 17.3. The van der Waals surface area contributed by atoms with Crippen LogP contribution in [-0.2, 0) is 6.42 Å². The summed E-state index contributed by atoms with van der Waals surface area (Å²) in [4.78, 5) is 14.1. The summed E-state index contributed by atoms with van der Waals surface area (Å²) in [7, 11) is 0. The van der Waals surface area contributed by atoms with Gasteiger partial charge in [0.15, 0.2) is 5.65 Å². The normalized spacial score (nSPS) is 12.7. The van der Waals surface area contributed by atoms with E-state index < -0.39 is 0 Å². The standard InChI is InChI=1S/C20H26N4/c1-6-8-15(5)24-17(7-2)23-19-18(21-12-22-20(19)24)16-10-9-13(3)11-14(16)4/h9-12,15H,6-8H2,1-5H3. The average molecular weight is 322 g/mol. The van der Waals surface area contributed by atoms with E-state index in [0.717, 1.165) is 47.5 Å². The van der Waals surface area contributed by atoms with Crippen molar-refractivity contribution in [1.29, 1.82) is 0 Å². The van der Waals surface area contributed by atoms with Crippen molar-refractivity contribution >= 4 is 11.2 Å². The van der Waals surface area contributed by atoms with E-state index in [4.69, 9.17) is 4.98 Å². The molecule has 4 heteroatoms. The minimum Gasteiger partial charge on any atom is -0.310 e. The van der Waals surface area contributed by atoms with E-state index in [1.54, 1.807) is 6.33 Å². The molecule has 0 bridgehead atoms. The van der Waals surface area contributed by atoms with Gasteiger partial charge in [-0.3, -0.25) is 0 Å². The van der Waals surface area contributed by atoms with Gasteiger partial charge in [-0.15, -0.1) is 0 Å². The van der Waals surface area contributed by atoms with Crippen molar-refractivity contribution in [2.24, 2.45) is 0 Å². The lowest BCUT2D eigenvalue weighted by molar-refractivity contribution is 0.493. The first-order chi connectivity index (χ1) is 11.6. The number of nitrogens with zero attached hydrogens (tertiary/aromatic N) is 4. The smallest absolute Gasteiger partial charge is 0.164 e. The number of fused-ring (bicyclic) bond motifs is 1. The Kier molecular flexibility index (Phi) is 4.65. The van der Waals surface area contributed by atoms with E-state index in [9.17, 15) is 0 Å². The van der Waals surface area contributed by atoms with Crippen molar-refractivity contribution in [3.63, 3.8) is 0 Å². The molecule has 126 valence electrons. The zero-order valence-corrected chi connectivity index (χ0v) is 15.3. The first-order valence-corrected chi connectivity index (χ1v) is 8.86. The second kappa shape index (κ2) is 6.71. The van der Waals surface area contributed by atoms with Crippen molar-refractivity contribution < 1.29 is 0 Å². The van der Waals surface area contributed by atoms with Gasteiger partial charge in [-0.25, -0.2) is 15.0 Å². The summed E-state index contributed by atoms with van der Waals surface area (Å²) in [6.45, 7) is 10.9. The van der Waals surface area contributed by atoms with Crippen molar-refractivity contribution in [3.8, 4) is 11.3 Å². The summed E-state index contributed by atoms with van der Waals surface area (Å²) in [6.07, 6.45) is 4.85. The van der Waals surface area contributed by atoms with Gasteiger partial charge in [0.05, 0.1) is 0 Å². The number of aromatic nitrogens is 4. The summed E-state index contributed by atoms with van der Waals surface area (Å²) >= 11 is 0. The molecular formula is C20H26N4. The Hall–Kier alpha value is -2.23. The molecule has 2 aromatic heterocycles. The van der Waals surface area contributed by atoms with E-state index in [0.29, 0.717) is 6.04 Å². The maximum atomic E-state index is 4.91. The average Bonchev–Trinajstić information content (AvgIpc) is 2.94. The largest absolute Gasteiger partial charge is 0.310 e. The van der Waals surface area contributed by atoms with E-state index >= 15 is 0 Å². The minimum absolute atomic E-state index is 0.400. The van der Waals surface area contributed by atoms with Crippen LogP contribution in [0.4, 0.5) is 0 Å². The highest BCUT2D eigenvalue weighted by molar-refractivity contribution is 5.88. The van der Waals surface area contributed by atoms with Gasteiger partial charge < -0.3 is 4.57 Å². The van der Waals surface area contributed by atoms with Crippen LogP contribution in [0.25, 0.3) is 22.4 Å². The van der Waals surface area contributed by atoms with Crippen LogP contribution in [-0.4, -0.2) is 19.5 Å². The minimum atomic E-state index is 0.400. The van der Waals surface area contributed by atoms with Crippen LogP contribution in [0.5, 0.6) is 0 Å². The molecule has 0 N–H and O–H groups in total. The molecule has 3 rings (SSSR count).